The van der Waals surface area contributed by atoms with Crippen LogP contribution >= 0.6 is 0 Å². The molecule has 0 aromatic carbocycles. The maximum atomic E-state index is 12.9. The van der Waals surface area contributed by atoms with Crippen molar-refractivity contribution in [1.82, 2.24) is 15.5 Å². The van der Waals surface area contributed by atoms with Gasteiger partial charge in [0.15, 0.2) is 0 Å². The van der Waals surface area contributed by atoms with Crippen molar-refractivity contribution >= 4 is 11.8 Å². The smallest absolute Gasteiger partial charge is 0.239 e. The molecule has 3 fully saturated rings. The second kappa shape index (κ2) is 7.65. The highest BCUT2D eigenvalue weighted by atomic mass is 16.2. The van der Waals surface area contributed by atoms with Gasteiger partial charge in [-0.3, -0.25) is 9.59 Å². The molecule has 0 spiro atoms. The minimum absolute atomic E-state index is 0.00759. The molecule has 1 aliphatic carbocycles. The number of nitrogens with zero attached hydrogens (tertiary/aromatic N) is 1. The van der Waals surface area contributed by atoms with E-state index in [9.17, 15) is 9.59 Å². The lowest BCUT2D eigenvalue weighted by molar-refractivity contribution is -0.135. The summed E-state index contributed by atoms with van der Waals surface area (Å²) in [6.07, 6.45) is 9.55. The Kier molecular flexibility index (Phi) is 5.57. The molecule has 4 unspecified atom stereocenters. The van der Waals surface area contributed by atoms with Gasteiger partial charge >= 0.3 is 0 Å². The van der Waals surface area contributed by atoms with Gasteiger partial charge < -0.3 is 15.5 Å². The topological polar surface area (TPSA) is 61.4 Å². The Bertz CT molecular complexity index is 426. The molecule has 2 amide bonds. The van der Waals surface area contributed by atoms with Crippen molar-refractivity contribution in [3.8, 4) is 0 Å². The quantitative estimate of drug-likeness (QED) is 0.830. The van der Waals surface area contributed by atoms with E-state index >= 15 is 0 Å². The van der Waals surface area contributed by atoms with Gasteiger partial charge in [0.2, 0.25) is 11.8 Å². The molecule has 130 valence electrons. The first-order valence-electron chi connectivity index (χ1n) is 9.51. The Morgan fingerprint density at radius 2 is 2.00 bits per heavy atom. The molecule has 23 heavy (non-hydrogen) atoms. The number of hydrogen-bond acceptors (Lipinski definition) is 3. The Labute approximate surface area is 139 Å². The molecule has 2 N–H and O–H groups in total. The maximum Gasteiger partial charge on any atom is 0.239 e. The summed E-state index contributed by atoms with van der Waals surface area (Å²) in [7, 11) is 0. The molecule has 3 aliphatic rings. The van der Waals surface area contributed by atoms with Gasteiger partial charge in [-0.15, -0.1) is 0 Å². The number of nitrogens with one attached hydrogen (secondary N) is 2. The molecule has 1 saturated carbocycles. The molecule has 3 rings (SSSR count). The van der Waals surface area contributed by atoms with E-state index in [4.69, 9.17) is 0 Å². The number of piperidine rings is 1. The summed E-state index contributed by atoms with van der Waals surface area (Å²) in [6.45, 7) is 3.54. The molecule has 0 radical (unpaired) electrons. The van der Waals surface area contributed by atoms with Crippen LogP contribution in [-0.2, 0) is 9.59 Å². The van der Waals surface area contributed by atoms with Crippen LogP contribution in [0.15, 0.2) is 0 Å². The number of carbonyl (C=O) groups excluding carboxylic acids is 2. The molecule has 0 bridgehead atoms. The van der Waals surface area contributed by atoms with Crippen molar-refractivity contribution in [2.45, 2.75) is 82.8 Å². The molecular formula is C18H31N3O2. The summed E-state index contributed by atoms with van der Waals surface area (Å²) in [6, 6.07) is 0.700. The van der Waals surface area contributed by atoms with Crippen molar-refractivity contribution in [2.75, 3.05) is 13.1 Å². The van der Waals surface area contributed by atoms with Crippen LogP contribution in [0, 0.1) is 5.92 Å². The van der Waals surface area contributed by atoms with Gasteiger partial charge in [-0.2, -0.15) is 0 Å². The largest absolute Gasteiger partial charge is 0.352 e. The van der Waals surface area contributed by atoms with Crippen LogP contribution in [0.25, 0.3) is 0 Å². The third-order valence-corrected chi connectivity index (χ3v) is 5.74. The van der Waals surface area contributed by atoms with E-state index in [0.29, 0.717) is 24.9 Å². The average Bonchev–Trinajstić information content (AvgIpc) is 2.98. The normalized spacial score (nSPS) is 34.0. The Hall–Kier alpha value is -1.10. The van der Waals surface area contributed by atoms with E-state index < -0.39 is 0 Å². The molecule has 2 saturated heterocycles. The number of amides is 2. The maximum absolute atomic E-state index is 12.9. The molecule has 4 atom stereocenters. The Morgan fingerprint density at radius 3 is 2.78 bits per heavy atom. The van der Waals surface area contributed by atoms with Gasteiger partial charge in [0.05, 0.1) is 6.04 Å². The minimum atomic E-state index is 0.00759. The number of hydrogen-bond donors (Lipinski definition) is 2. The molecule has 5 nitrogen and oxygen atoms in total. The highest BCUT2D eigenvalue weighted by Crippen LogP contribution is 2.33. The van der Waals surface area contributed by atoms with E-state index in [1.807, 2.05) is 11.8 Å². The Morgan fingerprint density at radius 1 is 1.17 bits per heavy atom. The van der Waals surface area contributed by atoms with Crippen molar-refractivity contribution in [3.05, 3.63) is 0 Å². The van der Waals surface area contributed by atoms with Crippen molar-refractivity contribution < 1.29 is 9.59 Å². The van der Waals surface area contributed by atoms with Crippen LogP contribution in [0.3, 0.4) is 0 Å². The fraction of sp³-hybridized carbons (Fsp3) is 0.889. The van der Waals surface area contributed by atoms with Crippen molar-refractivity contribution in [3.63, 3.8) is 0 Å². The van der Waals surface area contributed by atoms with E-state index in [1.165, 1.54) is 25.7 Å². The molecule has 0 aromatic rings. The molecule has 0 aromatic heterocycles. The van der Waals surface area contributed by atoms with Crippen LogP contribution in [0.5, 0.6) is 0 Å². The predicted molar refractivity (Wildman–Crippen MR) is 89.9 cm³/mol. The third-order valence-electron chi connectivity index (χ3n) is 5.74. The zero-order valence-corrected chi connectivity index (χ0v) is 14.4. The first-order valence-corrected chi connectivity index (χ1v) is 9.51. The van der Waals surface area contributed by atoms with E-state index in [0.717, 1.165) is 32.2 Å². The number of likely N-dealkylation sites (tertiary alicyclic amines) is 1. The lowest BCUT2D eigenvalue weighted by atomic mass is 9.85. The highest BCUT2D eigenvalue weighted by molar-refractivity contribution is 5.82. The fourth-order valence-corrected chi connectivity index (χ4v) is 4.55. The highest BCUT2D eigenvalue weighted by Gasteiger charge is 2.40. The molecule has 5 heteroatoms. The Balaban J connectivity index is 1.52. The standard InChI is InChI=1S/C18H31N3O2/c1-2-6-17(22)19-14-8-5-10-21(12-14)18(23)16-11-13-7-3-4-9-15(13)20-16/h13-16,20H,2-12H2,1H3,(H,19,22). The first kappa shape index (κ1) is 16.7. The van der Waals surface area contributed by atoms with E-state index in [-0.39, 0.29) is 23.9 Å². The van der Waals surface area contributed by atoms with Crippen LogP contribution in [0.2, 0.25) is 0 Å². The van der Waals surface area contributed by atoms with Gasteiger partial charge in [-0.25, -0.2) is 0 Å². The van der Waals surface area contributed by atoms with Crippen molar-refractivity contribution in [2.24, 2.45) is 5.92 Å². The van der Waals surface area contributed by atoms with Gasteiger partial charge in [-0.05, 0) is 44.4 Å². The molecule has 2 heterocycles. The number of fused-ring (bicyclic) bond motifs is 1. The minimum Gasteiger partial charge on any atom is -0.352 e. The zero-order valence-electron chi connectivity index (χ0n) is 14.4. The van der Waals surface area contributed by atoms with Gasteiger partial charge in [0, 0.05) is 31.6 Å². The first-order chi connectivity index (χ1) is 11.2. The van der Waals surface area contributed by atoms with Crippen LogP contribution in [0.1, 0.15) is 64.7 Å². The third kappa shape index (κ3) is 4.06. The fourth-order valence-electron chi connectivity index (χ4n) is 4.55. The van der Waals surface area contributed by atoms with Crippen molar-refractivity contribution in [1.29, 1.82) is 0 Å². The van der Waals surface area contributed by atoms with Crippen LogP contribution in [-0.4, -0.2) is 47.9 Å². The SMILES string of the molecule is CCCC(=O)NC1CCCN(C(=O)C2CC3CCCCC3N2)C1. The summed E-state index contributed by atoms with van der Waals surface area (Å²) >= 11 is 0. The van der Waals surface area contributed by atoms with E-state index in [1.54, 1.807) is 0 Å². The van der Waals surface area contributed by atoms with Crippen LogP contribution in [0.4, 0.5) is 0 Å². The summed E-state index contributed by atoms with van der Waals surface area (Å²) in [5.74, 6) is 1.08. The average molecular weight is 321 g/mol. The predicted octanol–water partition coefficient (Wildman–Crippen LogP) is 1.81. The summed E-state index contributed by atoms with van der Waals surface area (Å²) in [5.41, 5.74) is 0. The molecule has 2 aliphatic heterocycles. The summed E-state index contributed by atoms with van der Waals surface area (Å²) < 4.78 is 0. The second-order valence-electron chi connectivity index (χ2n) is 7.55. The lowest BCUT2D eigenvalue weighted by Crippen LogP contribution is -2.53. The number of rotatable bonds is 4. The summed E-state index contributed by atoms with van der Waals surface area (Å²) in [4.78, 5) is 26.6. The van der Waals surface area contributed by atoms with Crippen LogP contribution < -0.4 is 10.6 Å². The lowest BCUT2D eigenvalue weighted by Gasteiger charge is -2.34. The van der Waals surface area contributed by atoms with Gasteiger partial charge in [0.1, 0.15) is 0 Å². The number of carbonyl (C=O) groups is 2. The monoisotopic (exact) mass is 321 g/mol. The van der Waals surface area contributed by atoms with Gasteiger partial charge in [0.25, 0.3) is 0 Å². The molecular weight excluding hydrogens is 290 g/mol. The van der Waals surface area contributed by atoms with Gasteiger partial charge in [-0.1, -0.05) is 19.8 Å². The summed E-state index contributed by atoms with van der Waals surface area (Å²) in [5, 5.41) is 6.68. The zero-order chi connectivity index (χ0) is 16.2. The second-order valence-corrected chi connectivity index (χ2v) is 7.55. The van der Waals surface area contributed by atoms with E-state index in [2.05, 4.69) is 10.6 Å².